The molecule has 2 fully saturated rings. The molecule has 2 aliphatic rings. The van der Waals surface area contributed by atoms with Gasteiger partial charge in [0.25, 0.3) is 0 Å². The number of carbonyl (C=O) groups is 1. The quantitative estimate of drug-likeness (QED) is 0.549. The maximum absolute atomic E-state index is 12.7. The predicted molar refractivity (Wildman–Crippen MR) is 108 cm³/mol. The topological polar surface area (TPSA) is 55.6 Å². The Morgan fingerprint density at radius 1 is 1.11 bits per heavy atom. The van der Waals surface area contributed by atoms with Crippen LogP contribution in [0.2, 0.25) is 10.0 Å². The van der Waals surface area contributed by atoms with Crippen molar-refractivity contribution in [2.45, 2.75) is 31.4 Å². The van der Waals surface area contributed by atoms with Gasteiger partial charge < -0.3 is 9.15 Å². The molecule has 0 saturated carbocycles. The Bertz CT molecular complexity index is 1040. The average molecular weight is 417 g/mol. The number of ether oxygens (including phenoxy) is 1. The molecular formula is C21H18Cl2N2O3. The minimum atomic E-state index is -0.315. The maximum Gasteiger partial charge on any atom is 0.338 e. The lowest BCUT2D eigenvalue weighted by Gasteiger charge is -2.20. The number of benzene rings is 2. The number of hydrogen-bond acceptors (Lipinski definition) is 5. The molecule has 0 spiro atoms. The van der Waals surface area contributed by atoms with Crippen molar-refractivity contribution in [1.82, 2.24) is 9.88 Å². The molecule has 3 heterocycles. The Morgan fingerprint density at radius 3 is 2.75 bits per heavy atom. The summed E-state index contributed by atoms with van der Waals surface area (Å²) < 4.78 is 11.7. The number of fused-ring (bicyclic) bond motifs is 2. The first-order valence-electron chi connectivity index (χ1n) is 9.39. The highest BCUT2D eigenvalue weighted by molar-refractivity contribution is 6.35. The Kier molecular flexibility index (Phi) is 4.54. The van der Waals surface area contributed by atoms with Gasteiger partial charge in [0, 0.05) is 28.2 Å². The third-order valence-corrected chi connectivity index (χ3v) is 5.97. The van der Waals surface area contributed by atoms with Crippen LogP contribution in [0.4, 0.5) is 0 Å². The summed E-state index contributed by atoms with van der Waals surface area (Å²) in [5, 5.41) is 1.01. The van der Waals surface area contributed by atoms with Crippen LogP contribution in [0, 0.1) is 0 Å². The van der Waals surface area contributed by atoms with Gasteiger partial charge in [0.2, 0.25) is 5.89 Å². The largest absolute Gasteiger partial charge is 0.457 e. The lowest BCUT2D eigenvalue weighted by Crippen LogP contribution is -2.32. The molecule has 0 N–H and O–H groups in total. The lowest BCUT2D eigenvalue weighted by atomic mass is 10.1. The van der Waals surface area contributed by atoms with Crippen molar-refractivity contribution < 1.29 is 13.9 Å². The van der Waals surface area contributed by atoms with E-state index in [1.54, 1.807) is 36.4 Å². The number of aromatic nitrogens is 1. The molecule has 3 aromatic rings. The van der Waals surface area contributed by atoms with Gasteiger partial charge in [0.05, 0.1) is 5.56 Å². The first-order valence-corrected chi connectivity index (χ1v) is 10.1. The van der Waals surface area contributed by atoms with Crippen LogP contribution < -0.4 is 0 Å². The molecule has 5 nitrogen and oxygen atoms in total. The Labute approximate surface area is 172 Å². The highest BCUT2D eigenvalue weighted by Crippen LogP contribution is 2.32. The number of carbonyl (C=O) groups excluding carboxylic acids is 1. The zero-order valence-electron chi connectivity index (χ0n) is 15.0. The van der Waals surface area contributed by atoms with Crippen LogP contribution in [-0.2, 0) is 4.74 Å². The van der Waals surface area contributed by atoms with Gasteiger partial charge in [0.15, 0.2) is 5.58 Å². The highest BCUT2D eigenvalue weighted by atomic mass is 35.5. The second kappa shape index (κ2) is 7.07. The number of halogens is 2. The van der Waals surface area contributed by atoms with Gasteiger partial charge in [-0.15, -0.1) is 0 Å². The van der Waals surface area contributed by atoms with Crippen molar-refractivity contribution in [2.24, 2.45) is 0 Å². The predicted octanol–water partition coefficient (Wildman–Crippen LogP) is 5.20. The van der Waals surface area contributed by atoms with E-state index in [-0.39, 0.29) is 12.1 Å². The van der Waals surface area contributed by atoms with E-state index in [4.69, 9.17) is 32.4 Å². The standard InChI is InChI=1S/C21H18Cl2N2O3/c22-14-8-13(9-15(23)11-14)20-24-16-4-3-12(10-19(16)27-20)21(26)28-18-5-7-25-6-1-2-17(18)25/h3-4,8-11,17-18H,1-2,5-7H2/t17-,18-/m1/s1. The van der Waals surface area contributed by atoms with Crippen molar-refractivity contribution in [1.29, 1.82) is 0 Å². The van der Waals surface area contributed by atoms with Crippen LogP contribution in [0.3, 0.4) is 0 Å². The van der Waals surface area contributed by atoms with E-state index in [2.05, 4.69) is 9.88 Å². The van der Waals surface area contributed by atoms with Gasteiger partial charge in [-0.3, -0.25) is 4.90 Å². The number of hydrogen-bond donors (Lipinski definition) is 0. The third-order valence-electron chi connectivity index (χ3n) is 5.54. The molecule has 2 aliphatic heterocycles. The minimum absolute atomic E-state index is 0.0235. The average Bonchev–Trinajstić information content (AvgIpc) is 3.36. The fourth-order valence-corrected chi connectivity index (χ4v) is 4.76. The van der Waals surface area contributed by atoms with Crippen LogP contribution in [0.5, 0.6) is 0 Å². The lowest BCUT2D eigenvalue weighted by molar-refractivity contribution is 0.0237. The van der Waals surface area contributed by atoms with Gasteiger partial charge in [-0.2, -0.15) is 0 Å². The maximum atomic E-state index is 12.7. The zero-order chi connectivity index (χ0) is 19.3. The van der Waals surface area contributed by atoms with E-state index >= 15 is 0 Å². The van der Waals surface area contributed by atoms with Crippen molar-refractivity contribution in [2.75, 3.05) is 13.1 Å². The monoisotopic (exact) mass is 416 g/mol. The molecule has 0 amide bonds. The van der Waals surface area contributed by atoms with Gasteiger partial charge >= 0.3 is 5.97 Å². The van der Waals surface area contributed by atoms with Crippen LogP contribution in [-0.4, -0.2) is 41.1 Å². The van der Waals surface area contributed by atoms with Crippen molar-refractivity contribution in [3.8, 4) is 11.5 Å². The molecule has 2 atom stereocenters. The van der Waals surface area contributed by atoms with Crippen molar-refractivity contribution in [3.05, 3.63) is 52.0 Å². The number of nitrogens with zero attached hydrogens (tertiary/aromatic N) is 2. The fourth-order valence-electron chi connectivity index (χ4n) is 4.23. The SMILES string of the molecule is O=C(O[C@@H]1CCN2CCC[C@H]12)c1ccc2nc(-c3cc(Cl)cc(Cl)c3)oc2c1. The third kappa shape index (κ3) is 3.28. The Morgan fingerprint density at radius 2 is 1.93 bits per heavy atom. The van der Waals surface area contributed by atoms with E-state index in [9.17, 15) is 4.79 Å². The van der Waals surface area contributed by atoms with Crippen molar-refractivity contribution in [3.63, 3.8) is 0 Å². The summed E-state index contributed by atoms with van der Waals surface area (Å²) in [5.41, 5.74) is 2.33. The molecule has 2 aromatic carbocycles. The first kappa shape index (κ1) is 18.0. The summed E-state index contributed by atoms with van der Waals surface area (Å²) in [4.78, 5) is 19.5. The summed E-state index contributed by atoms with van der Waals surface area (Å²) in [7, 11) is 0. The van der Waals surface area contributed by atoms with Gasteiger partial charge in [-0.25, -0.2) is 9.78 Å². The van der Waals surface area contributed by atoms with E-state index in [0.717, 1.165) is 25.9 Å². The minimum Gasteiger partial charge on any atom is -0.457 e. The summed E-state index contributed by atoms with van der Waals surface area (Å²) >= 11 is 12.1. The Balaban J connectivity index is 1.39. The highest BCUT2D eigenvalue weighted by Gasteiger charge is 2.39. The molecule has 0 bridgehead atoms. The Hall–Kier alpha value is -2.08. The molecule has 0 radical (unpaired) electrons. The van der Waals surface area contributed by atoms with Crippen molar-refractivity contribution >= 4 is 40.3 Å². The molecule has 144 valence electrons. The van der Waals surface area contributed by atoms with E-state index in [1.807, 2.05) is 0 Å². The van der Waals surface area contributed by atoms with Crippen LogP contribution in [0.25, 0.3) is 22.6 Å². The number of esters is 1. The fraction of sp³-hybridized carbons (Fsp3) is 0.333. The second-order valence-electron chi connectivity index (χ2n) is 7.34. The molecule has 28 heavy (non-hydrogen) atoms. The summed E-state index contributed by atoms with van der Waals surface area (Å²) in [6.45, 7) is 2.12. The normalized spacial score (nSPS) is 21.9. The van der Waals surface area contributed by atoms with E-state index in [0.29, 0.717) is 44.2 Å². The molecule has 7 heteroatoms. The summed E-state index contributed by atoms with van der Waals surface area (Å²) in [5.74, 6) is 0.0895. The smallest absolute Gasteiger partial charge is 0.338 e. The van der Waals surface area contributed by atoms with Crippen LogP contribution >= 0.6 is 23.2 Å². The first-order chi connectivity index (χ1) is 13.6. The van der Waals surface area contributed by atoms with E-state index < -0.39 is 0 Å². The van der Waals surface area contributed by atoms with E-state index in [1.165, 1.54) is 6.42 Å². The second-order valence-corrected chi connectivity index (χ2v) is 8.21. The zero-order valence-corrected chi connectivity index (χ0v) is 16.5. The van der Waals surface area contributed by atoms with Gasteiger partial charge in [-0.1, -0.05) is 23.2 Å². The molecule has 0 unspecified atom stereocenters. The van der Waals surface area contributed by atoms with Gasteiger partial charge in [0.1, 0.15) is 11.6 Å². The molecule has 1 aromatic heterocycles. The molecular weight excluding hydrogens is 399 g/mol. The number of rotatable bonds is 3. The van der Waals surface area contributed by atoms with Crippen LogP contribution in [0.15, 0.2) is 40.8 Å². The summed E-state index contributed by atoms with van der Waals surface area (Å²) in [6, 6.07) is 10.7. The number of oxazole rings is 1. The van der Waals surface area contributed by atoms with Gasteiger partial charge in [-0.05, 0) is 62.2 Å². The molecule has 2 saturated heterocycles. The summed E-state index contributed by atoms with van der Waals surface area (Å²) in [6.07, 6.45) is 3.16. The molecule has 5 rings (SSSR count). The molecule has 0 aliphatic carbocycles. The van der Waals surface area contributed by atoms with Crippen LogP contribution in [0.1, 0.15) is 29.6 Å².